The molecule has 1 aromatic heterocycles. The van der Waals surface area contributed by atoms with E-state index in [0.29, 0.717) is 18.7 Å². The topological polar surface area (TPSA) is 82.7 Å². The Morgan fingerprint density at radius 1 is 1.33 bits per heavy atom. The Morgan fingerprint density at radius 2 is 2.11 bits per heavy atom. The van der Waals surface area contributed by atoms with E-state index < -0.39 is 0 Å². The second-order valence-corrected chi connectivity index (χ2v) is 6.41. The smallest absolute Gasteiger partial charge is 0.224 e. The number of piperidine rings is 1. The summed E-state index contributed by atoms with van der Waals surface area (Å²) in [5, 5.41) is 15.2. The first-order valence-electron chi connectivity index (χ1n) is 8.73. The van der Waals surface area contributed by atoms with Gasteiger partial charge in [0.1, 0.15) is 0 Å². The van der Waals surface area contributed by atoms with E-state index in [2.05, 4.69) is 26.3 Å². The van der Waals surface area contributed by atoms with Crippen LogP contribution in [0.4, 0.5) is 0 Å². The zero-order valence-corrected chi connectivity index (χ0v) is 16.7. The molecule has 1 aliphatic rings. The zero-order chi connectivity index (χ0) is 17.5. The third-order valence-electron chi connectivity index (χ3n) is 4.58. The van der Waals surface area contributed by atoms with Crippen LogP contribution in [0.5, 0.6) is 0 Å². The molecule has 6 nitrogen and oxygen atoms in total. The molecule has 8 heteroatoms. The van der Waals surface area contributed by atoms with Gasteiger partial charge in [0.05, 0.1) is 23.9 Å². The first-order chi connectivity index (χ1) is 12.3. The van der Waals surface area contributed by atoms with Crippen molar-refractivity contribution in [3.8, 4) is 6.07 Å². The fraction of sp³-hybridized carbons (Fsp3) is 0.421. The highest BCUT2D eigenvalue weighted by atomic mass is 35.5. The van der Waals surface area contributed by atoms with Crippen molar-refractivity contribution in [1.29, 1.82) is 5.26 Å². The van der Waals surface area contributed by atoms with Gasteiger partial charge in [0.25, 0.3) is 0 Å². The Labute approximate surface area is 172 Å². The minimum atomic E-state index is 0. The lowest BCUT2D eigenvalue weighted by molar-refractivity contribution is -0.125. The monoisotopic (exact) mass is 409 g/mol. The number of nitrogens with one attached hydrogen (secondary N) is 2. The maximum absolute atomic E-state index is 12.2. The molecule has 2 N–H and O–H groups in total. The Balaban J connectivity index is 0.00000182. The third-order valence-corrected chi connectivity index (χ3v) is 4.58. The van der Waals surface area contributed by atoms with Crippen molar-refractivity contribution in [3.05, 3.63) is 53.6 Å². The molecule has 0 bridgehead atoms. The van der Waals surface area contributed by atoms with Gasteiger partial charge in [-0.15, -0.1) is 24.8 Å². The molecule has 0 spiro atoms. The Hall–Kier alpha value is -2.07. The number of rotatable bonds is 6. The number of carbonyl (C=O) groups excluding carboxylic acids is 1. The number of benzene rings is 1. The van der Waals surface area contributed by atoms with Gasteiger partial charge in [-0.1, -0.05) is 12.1 Å². The highest BCUT2D eigenvalue weighted by Gasteiger charge is 2.20. The van der Waals surface area contributed by atoms with Crippen LogP contribution in [0.15, 0.2) is 36.8 Å². The molecule has 1 amide bonds. The molecular weight excluding hydrogens is 385 g/mol. The van der Waals surface area contributed by atoms with Gasteiger partial charge in [0.2, 0.25) is 5.91 Å². The highest BCUT2D eigenvalue weighted by Crippen LogP contribution is 2.11. The summed E-state index contributed by atoms with van der Waals surface area (Å²) < 4.78 is 2.08. The predicted molar refractivity (Wildman–Crippen MR) is 109 cm³/mol. The van der Waals surface area contributed by atoms with E-state index in [1.807, 2.05) is 30.5 Å². The number of aromatic nitrogens is 2. The summed E-state index contributed by atoms with van der Waals surface area (Å²) >= 11 is 0. The second kappa shape index (κ2) is 11.6. The Kier molecular flexibility index (Phi) is 9.87. The van der Waals surface area contributed by atoms with Gasteiger partial charge in [-0.3, -0.25) is 4.79 Å². The van der Waals surface area contributed by atoms with E-state index in [-0.39, 0.29) is 36.6 Å². The van der Waals surface area contributed by atoms with E-state index in [9.17, 15) is 4.79 Å². The van der Waals surface area contributed by atoms with Crippen LogP contribution in [0.3, 0.4) is 0 Å². The van der Waals surface area contributed by atoms with Crippen molar-refractivity contribution in [1.82, 2.24) is 20.2 Å². The van der Waals surface area contributed by atoms with Gasteiger partial charge in [-0.05, 0) is 37.1 Å². The maximum Gasteiger partial charge on any atom is 0.224 e. The molecule has 27 heavy (non-hydrogen) atoms. The third kappa shape index (κ3) is 6.55. The van der Waals surface area contributed by atoms with Crippen LogP contribution in [-0.4, -0.2) is 35.1 Å². The largest absolute Gasteiger partial charge is 0.355 e. The zero-order valence-electron chi connectivity index (χ0n) is 15.1. The SMILES string of the molecule is Cl.Cl.N#Cc1ccc(Cn2cncc2CCNC(=O)[C@H]2CCCNC2)cc1. The molecular formula is C19H25Cl2N5O. The molecule has 1 aromatic carbocycles. The van der Waals surface area contributed by atoms with E-state index in [1.165, 1.54) is 0 Å². The molecule has 0 unspecified atom stereocenters. The molecule has 1 aliphatic heterocycles. The maximum atomic E-state index is 12.2. The van der Waals surface area contributed by atoms with Gasteiger partial charge in [-0.2, -0.15) is 5.26 Å². The van der Waals surface area contributed by atoms with Gasteiger partial charge in [0.15, 0.2) is 0 Å². The number of imidazole rings is 1. The molecule has 1 saturated heterocycles. The fourth-order valence-corrected chi connectivity index (χ4v) is 3.11. The van der Waals surface area contributed by atoms with Crippen LogP contribution in [0.1, 0.15) is 29.7 Å². The highest BCUT2D eigenvalue weighted by molar-refractivity contribution is 5.85. The Bertz CT molecular complexity index is 748. The van der Waals surface area contributed by atoms with Crippen LogP contribution >= 0.6 is 24.8 Å². The van der Waals surface area contributed by atoms with E-state index in [0.717, 1.165) is 43.6 Å². The molecule has 0 aliphatic carbocycles. The van der Waals surface area contributed by atoms with Crippen molar-refractivity contribution in [2.45, 2.75) is 25.8 Å². The van der Waals surface area contributed by atoms with E-state index in [1.54, 1.807) is 6.33 Å². The average molecular weight is 410 g/mol. The quantitative estimate of drug-likeness (QED) is 0.766. The number of hydrogen-bond acceptors (Lipinski definition) is 4. The summed E-state index contributed by atoms with van der Waals surface area (Å²) in [4.78, 5) is 16.4. The van der Waals surface area contributed by atoms with Crippen LogP contribution in [0.25, 0.3) is 0 Å². The predicted octanol–water partition coefficient (Wildman–Crippen LogP) is 2.30. The Morgan fingerprint density at radius 3 is 2.78 bits per heavy atom. The van der Waals surface area contributed by atoms with E-state index in [4.69, 9.17) is 5.26 Å². The summed E-state index contributed by atoms with van der Waals surface area (Å²) in [5.74, 6) is 0.239. The van der Waals surface area contributed by atoms with Crippen molar-refractivity contribution < 1.29 is 4.79 Å². The number of nitriles is 1. The second-order valence-electron chi connectivity index (χ2n) is 6.41. The van der Waals surface area contributed by atoms with Crippen LogP contribution in [-0.2, 0) is 17.8 Å². The van der Waals surface area contributed by atoms with Crippen molar-refractivity contribution in [3.63, 3.8) is 0 Å². The molecule has 146 valence electrons. The molecule has 0 radical (unpaired) electrons. The summed E-state index contributed by atoms with van der Waals surface area (Å²) in [6, 6.07) is 9.69. The summed E-state index contributed by atoms with van der Waals surface area (Å²) in [6.07, 6.45) is 6.44. The number of amides is 1. The van der Waals surface area contributed by atoms with Crippen LogP contribution in [0, 0.1) is 17.2 Å². The minimum absolute atomic E-state index is 0. The molecule has 1 atom stereocenters. The number of hydrogen-bond donors (Lipinski definition) is 2. The molecule has 2 aromatic rings. The lowest BCUT2D eigenvalue weighted by Crippen LogP contribution is -2.41. The van der Waals surface area contributed by atoms with Crippen molar-refractivity contribution in [2.75, 3.05) is 19.6 Å². The molecule has 0 saturated carbocycles. The van der Waals surface area contributed by atoms with Gasteiger partial charge < -0.3 is 15.2 Å². The lowest BCUT2D eigenvalue weighted by Gasteiger charge is -2.21. The number of carbonyl (C=O) groups is 1. The van der Waals surface area contributed by atoms with Crippen molar-refractivity contribution in [2.24, 2.45) is 5.92 Å². The summed E-state index contributed by atoms with van der Waals surface area (Å²) in [7, 11) is 0. The average Bonchev–Trinajstić information content (AvgIpc) is 3.10. The van der Waals surface area contributed by atoms with Gasteiger partial charge in [-0.25, -0.2) is 4.98 Å². The first kappa shape index (κ1) is 23.0. The van der Waals surface area contributed by atoms with Crippen molar-refractivity contribution >= 4 is 30.7 Å². The van der Waals surface area contributed by atoms with Gasteiger partial charge >= 0.3 is 0 Å². The first-order valence-corrected chi connectivity index (χ1v) is 8.73. The fourth-order valence-electron chi connectivity index (χ4n) is 3.11. The van der Waals surface area contributed by atoms with E-state index >= 15 is 0 Å². The van der Waals surface area contributed by atoms with Gasteiger partial charge in [0, 0.05) is 37.9 Å². The standard InChI is InChI=1S/C19H23N5O.2ClH/c20-10-15-3-5-16(6-4-15)13-24-14-22-12-18(24)7-9-23-19(25)17-2-1-8-21-11-17;;/h3-6,12,14,17,21H,1-2,7-9,11,13H2,(H,23,25);2*1H/t17-;;/m0../s1. The van der Waals surface area contributed by atoms with Crippen LogP contribution < -0.4 is 10.6 Å². The molecule has 1 fully saturated rings. The summed E-state index contributed by atoms with van der Waals surface area (Å²) in [5.41, 5.74) is 2.87. The normalized spacial score (nSPS) is 15.7. The number of halogens is 2. The lowest BCUT2D eigenvalue weighted by atomic mass is 9.99. The molecule has 2 heterocycles. The van der Waals surface area contributed by atoms with Crippen LogP contribution in [0.2, 0.25) is 0 Å². The summed E-state index contributed by atoms with van der Waals surface area (Å²) in [6.45, 7) is 3.12. The minimum Gasteiger partial charge on any atom is -0.355 e. The molecule has 3 rings (SSSR count). The number of nitrogens with zero attached hydrogens (tertiary/aromatic N) is 3.